The number of methoxy groups -OCH3 is 1. The molecule has 2 aromatic carbocycles. The maximum atomic E-state index is 12.7. The van der Waals surface area contributed by atoms with Crippen LogP contribution in [-0.2, 0) is 25.0 Å². The maximum Gasteiger partial charge on any atom is 0.337 e. The minimum absolute atomic E-state index is 0.0318. The van der Waals surface area contributed by atoms with Crippen LogP contribution < -0.4 is 10.0 Å². The third-order valence-corrected chi connectivity index (χ3v) is 5.71. The number of amides is 1. The summed E-state index contributed by atoms with van der Waals surface area (Å²) in [6.45, 7) is 3.47. The molecule has 0 bridgehead atoms. The van der Waals surface area contributed by atoms with Gasteiger partial charge in [0.1, 0.15) is 0 Å². The molecule has 0 fully saturated rings. The van der Waals surface area contributed by atoms with Crippen molar-refractivity contribution in [1.82, 2.24) is 0 Å². The Morgan fingerprint density at radius 3 is 2.58 bits per heavy atom. The van der Waals surface area contributed by atoms with Crippen LogP contribution in [0.3, 0.4) is 0 Å². The smallest absolute Gasteiger partial charge is 0.337 e. The first-order valence-corrected chi connectivity index (χ1v) is 9.30. The fraction of sp³-hybridized carbons (Fsp3) is 0.222. The summed E-state index contributed by atoms with van der Waals surface area (Å²) in [6, 6.07) is 10.5. The average molecular weight is 374 g/mol. The van der Waals surface area contributed by atoms with Crippen molar-refractivity contribution in [2.75, 3.05) is 17.1 Å². The monoisotopic (exact) mass is 374 g/mol. The Morgan fingerprint density at radius 2 is 1.88 bits per heavy atom. The van der Waals surface area contributed by atoms with Gasteiger partial charge in [0.15, 0.2) is 0 Å². The number of rotatable bonds is 4. The Morgan fingerprint density at radius 1 is 1.15 bits per heavy atom. The van der Waals surface area contributed by atoms with Crippen molar-refractivity contribution < 1.29 is 22.7 Å². The molecule has 2 N–H and O–H groups in total. The van der Waals surface area contributed by atoms with Gasteiger partial charge in [0, 0.05) is 11.4 Å². The number of fused-ring (bicyclic) bond motifs is 1. The second-order valence-corrected chi connectivity index (χ2v) is 8.15. The summed E-state index contributed by atoms with van der Waals surface area (Å²) >= 11 is 0. The molecule has 0 atom stereocenters. The van der Waals surface area contributed by atoms with Crippen LogP contribution in [0.25, 0.3) is 0 Å². The first-order chi connectivity index (χ1) is 12.1. The third kappa shape index (κ3) is 3.03. The molecule has 1 heterocycles. The van der Waals surface area contributed by atoms with Crippen molar-refractivity contribution in [3.05, 3.63) is 53.6 Å². The van der Waals surface area contributed by atoms with Crippen molar-refractivity contribution in [2.24, 2.45) is 0 Å². The van der Waals surface area contributed by atoms with Gasteiger partial charge in [-0.2, -0.15) is 0 Å². The molecular formula is C18H18N2O5S. The number of hydrogen-bond donors (Lipinski definition) is 2. The number of hydrogen-bond acceptors (Lipinski definition) is 5. The molecule has 7 nitrogen and oxygen atoms in total. The zero-order valence-electron chi connectivity index (χ0n) is 14.5. The number of carbonyl (C=O) groups excluding carboxylic acids is 2. The molecule has 1 aliphatic heterocycles. The lowest BCUT2D eigenvalue weighted by atomic mass is 9.86. The van der Waals surface area contributed by atoms with Crippen molar-refractivity contribution in [2.45, 2.75) is 24.2 Å². The van der Waals surface area contributed by atoms with Gasteiger partial charge in [-0.05, 0) is 55.8 Å². The minimum Gasteiger partial charge on any atom is -0.465 e. The summed E-state index contributed by atoms with van der Waals surface area (Å²) in [5.41, 5.74) is 0.880. The van der Waals surface area contributed by atoms with Crippen LogP contribution in [0.15, 0.2) is 47.4 Å². The summed E-state index contributed by atoms with van der Waals surface area (Å²) in [5, 5.41) is 2.74. The lowest BCUT2D eigenvalue weighted by Crippen LogP contribution is -2.27. The zero-order valence-corrected chi connectivity index (χ0v) is 15.3. The van der Waals surface area contributed by atoms with Crippen LogP contribution in [-0.4, -0.2) is 27.4 Å². The van der Waals surface area contributed by atoms with Gasteiger partial charge in [0.05, 0.1) is 23.0 Å². The van der Waals surface area contributed by atoms with E-state index in [1.54, 1.807) is 26.0 Å². The highest BCUT2D eigenvalue weighted by Crippen LogP contribution is 2.38. The summed E-state index contributed by atoms with van der Waals surface area (Å²) in [7, 11) is -2.64. The molecule has 3 rings (SSSR count). The van der Waals surface area contributed by atoms with Crippen LogP contribution in [0, 0.1) is 0 Å². The number of anilines is 2. The molecule has 0 aromatic heterocycles. The standard InChI is InChI=1S/C18H18N2O5S/c1-18(2)14-10-13(7-8-15(14)19-17(18)22)26(23,24)20-12-6-4-5-11(9-12)16(21)25-3/h4-10,20H,1-3H3,(H,19,22). The second kappa shape index (κ2) is 6.14. The van der Waals surface area contributed by atoms with Gasteiger partial charge in [-0.15, -0.1) is 0 Å². The molecule has 1 amide bonds. The molecule has 0 spiro atoms. The number of sulfonamides is 1. The van der Waals surface area contributed by atoms with E-state index in [9.17, 15) is 18.0 Å². The van der Waals surface area contributed by atoms with Crippen LogP contribution >= 0.6 is 0 Å². The van der Waals surface area contributed by atoms with Crippen LogP contribution in [0.5, 0.6) is 0 Å². The molecule has 2 aromatic rings. The summed E-state index contributed by atoms with van der Waals surface area (Å²) in [4.78, 5) is 23.6. The Labute approximate surface area is 151 Å². The van der Waals surface area contributed by atoms with E-state index < -0.39 is 21.4 Å². The summed E-state index contributed by atoms with van der Waals surface area (Å²) in [6.07, 6.45) is 0. The molecule has 26 heavy (non-hydrogen) atoms. The molecule has 136 valence electrons. The van der Waals surface area contributed by atoms with E-state index in [4.69, 9.17) is 0 Å². The van der Waals surface area contributed by atoms with Crippen molar-refractivity contribution in [3.8, 4) is 0 Å². The fourth-order valence-corrected chi connectivity index (χ4v) is 3.83. The summed E-state index contributed by atoms with van der Waals surface area (Å²) < 4.78 is 32.5. The second-order valence-electron chi connectivity index (χ2n) is 6.46. The molecule has 0 saturated carbocycles. The Bertz CT molecular complexity index is 1010. The van der Waals surface area contributed by atoms with Crippen molar-refractivity contribution in [3.63, 3.8) is 0 Å². The predicted molar refractivity (Wildman–Crippen MR) is 96.7 cm³/mol. The molecule has 1 aliphatic rings. The minimum atomic E-state index is -3.89. The highest BCUT2D eigenvalue weighted by Gasteiger charge is 2.39. The number of carbonyl (C=O) groups is 2. The lowest BCUT2D eigenvalue weighted by molar-refractivity contribution is -0.119. The Balaban J connectivity index is 1.94. The van der Waals surface area contributed by atoms with Gasteiger partial charge in [0.2, 0.25) is 5.91 Å². The lowest BCUT2D eigenvalue weighted by Gasteiger charge is -2.16. The average Bonchev–Trinajstić information content (AvgIpc) is 2.83. The fourth-order valence-electron chi connectivity index (χ4n) is 2.76. The van der Waals surface area contributed by atoms with Gasteiger partial charge in [-0.1, -0.05) is 6.07 Å². The topological polar surface area (TPSA) is 102 Å². The Kier molecular flexibility index (Phi) is 4.23. The van der Waals surface area contributed by atoms with Crippen molar-refractivity contribution in [1.29, 1.82) is 0 Å². The van der Waals surface area contributed by atoms with Gasteiger partial charge < -0.3 is 10.1 Å². The van der Waals surface area contributed by atoms with E-state index in [2.05, 4.69) is 14.8 Å². The first kappa shape index (κ1) is 17.9. The van der Waals surface area contributed by atoms with Crippen LogP contribution in [0.2, 0.25) is 0 Å². The normalized spacial score (nSPS) is 15.1. The van der Waals surface area contributed by atoms with E-state index in [1.807, 2.05) is 0 Å². The predicted octanol–water partition coefficient (Wildman–Crippen LogP) is 2.50. The van der Waals surface area contributed by atoms with E-state index in [-0.39, 0.29) is 22.1 Å². The first-order valence-electron chi connectivity index (χ1n) is 7.82. The molecule has 0 unspecified atom stereocenters. The number of ether oxygens (including phenoxy) is 1. The van der Waals surface area contributed by atoms with Crippen LogP contribution in [0.1, 0.15) is 29.8 Å². The SMILES string of the molecule is COC(=O)c1cccc(NS(=O)(=O)c2ccc3c(c2)C(C)(C)C(=O)N3)c1. The van der Waals surface area contributed by atoms with E-state index in [0.29, 0.717) is 11.3 Å². The van der Waals surface area contributed by atoms with E-state index in [1.165, 1.54) is 37.4 Å². The number of benzene rings is 2. The molecular weight excluding hydrogens is 356 g/mol. The maximum absolute atomic E-state index is 12.7. The highest BCUT2D eigenvalue weighted by atomic mass is 32.2. The largest absolute Gasteiger partial charge is 0.465 e. The quantitative estimate of drug-likeness (QED) is 0.801. The van der Waals surface area contributed by atoms with E-state index in [0.717, 1.165) is 0 Å². The van der Waals surface area contributed by atoms with Crippen LogP contribution in [0.4, 0.5) is 11.4 Å². The van der Waals surface area contributed by atoms with Gasteiger partial charge in [-0.25, -0.2) is 13.2 Å². The van der Waals surface area contributed by atoms with E-state index >= 15 is 0 Å². The van der Waals surface area contributed by atoms with Gasteiger partial charge in [0.25, 0.3) is 10.0 Å². The molecule has 0 saturated heterocycles. The third-order valence-electron chi connectivity index (χ3n) is 4.33. The Hall–Kier alpha value is -2.87. The van der Waals surface area contributed by atoms with Gasteiger partial charge in [-0.3, -0.25) is 9.52 Å². The van der Waals surface area contributed by atoms with Crippen molar-refractivity contribution >= 4 is 33.3 Å². The summed E-state index contributed by atoms with van der Waals surface area (Å²) in [5.74, 6) is -0.740. The highest BCUT2D eigenvalue weighted by molar-refractivity contribution is 7.92. The number of nitrogens with one attached hydrogen (secondary N) is 2. The molecule has 0 aliphatic carbocycles. The number of esters is 1. The zero-order chi connectivity index (χ0) is 19.1. The van der Waals surface area contributed by atoms with Gasteiger partial charge >= 0.3 is 5.97 Å². The molecule has 0 radical (unpaired) electrons. The molecule has 8 heteroatoms.